The summed E-state index contributed by atoms with van der Waals surface area (Å²) in [6.45, 7) is 1.35. The molecule has 0 aromatic carbocycles. The molecule has 25 heavy (non-hydrogen) atoms. The van der Waals surface area contributed by atoms with Gasteiger partial charge in [0.25, 0.3) is 0 Å². The van der Waals surface area contributed by atoms with Crippen LogP contribution in [0.25, 0.3) is 0 Å². The summed E-state index contributed by atoms with van der Waals surface area (Å²) in [6.07, 6.45) is 5.84. The molecule has 0 spiro atoms. The van der Waals surface area contributed by atoms with Crippen molar-refractivity contribution in [2.75, 3.05) is 30.5 Å². The molecule has 0 aliphatic carbocycles. The van der Waals surface area contributed by atoms with Crippen molar-refractivity contribution >= 4 is 23.2 Å². The molecule has 1 aliphatic heterocycles. The third-order valence-corrected chi connectivity index (χ3v) is 3.92. The molecule has 3 rings (SSSR count). The van der Waals surface area contributed by atoms with Crippen LogP contribution in [0.3, 0.4) is 0 Å². The molecule has 3 heterocycles. The van der Waals surface area contributed by atoms with Crippen LogP contribution in [0.1, 0.15) is 6.42 Å². The van der Waals surface area contributed by atoms with Gasteiger partial charge in [0.05, 0.1) is 49.0 Å². The van der Waals surface area contributed by atoms with Gasteiger partial charge in [-0.25, -0.2) is 4.39 Å². The molecule has 1 unspecified atom stereocenters. The number of ether oxygens (including phenoxy) is 1. The molecule has 0 bridgehead atoms. The van der Waals surface area contributed by atoms with Gasteiger partial charge in [-0.1, -0.05) is 0 Å². The van der Waals surface area contributed by atoms with Crippen LogP contribution in [0.4, 0.5) is 15.8 Å². The molecule has 1 N–H and O–H groups in total. The summed E-state index contributed by atoms with van der Waals surface area (Å²) in [5, 5.41) is 6.77. The second kappa shape index (κ2) is 7.39. The van der Waals surface area contributed by atoms with Crippen LogP contribution < -0.4 is 10.2 Å². The normalized spacial score (nSPS) is 17.1. The molecule has 2 aromatic rings. The Morgan fingerprint density at radius 1 is 1.44 bits per heavy atom. The van der Waals surface area contributed by atoms with Gasteiger partial charge in [0.15, 0.2) is 0 Å². The lowest BCUT2D eigenvalue weighted by atomic mass is 10.1. The van der Waals surface area contributed by atoms with Crippen molar-refractivity contribution in [3.8, 4) is 0 Å². The quantitative estimate of drug-likeness (QED) is 0.844. The molecule has 1 atom stereocenters. The van der Waals surface area contributed by atoms with Gasteiger partial charge >= 0.3 is 0 Å². The number of carbonyl (C=O) groups excluding carboxylic acids is 2. The molecular formula is C16H18FN5O3. The predicted octanol–water partition coefficient (Wildman–Crippen LogP) is 1.06. The Balaban J connectivity index is 1.63. The number of carbonyl (C=O) groups is 2. The highest BCUT2D eigenvalue weighted by molar-refractivity contribution is 6.03. The number of hydrogen-bond acceptors (Lipinski definition) is 5. The summed E-state index contributed by atoms with van der Waals surface area (Å²) >= 11 is 0. The van der Waals surface area contributed by atoms with Crippen molar-refractivity contribution in [3.63, 3.8) is 0 Å². The fourth-order valence-electron chi connectivity index (χ4n) is 2.66. The highest BCUT2D eigenvalue weighted by atomic mass is 19.1. The first-order chi connectivity index (χ1) is 12.1. The lowest BCUT2D eigenvalue weighted by Crippen LogP contribution is -2.28. The Hall–Kier alpha value is -2.81. The fourth-order valence-corrected chi connectivity index (χ4v) is 2.66. The van der Waals surface area contributed by atoms with Gasteiger partial charge in [-0.3, -0.25) is 19.3 Å². The standard InChI is InChI=1S/C16H18FN5O3/c1-25-3-2-21-10-14(8-19-21)22-9-11(4-15(22)23)16(24)20-13-5-12(17)6-18-7-13/h5-8,10-11H,2-4,9H2,1H3,(H,20,24). The number of rotatable bonds is 6. The Kier molecular flexibility index (Phi) is 5.03. The maximum atomic E-state index is 13.1. The summed E-state index contributed by atoms with van der Waals surface area (Å²) in [5.74, 6) is -1.54. The van der Waals surface area contributed by atoms with Gasteiger partial charge in [-0.2, -0.15) is 5.10 Å². The van der Waals surface area contributed by atoms with Gasteiger partial charge in [0.1, 0.15) is 5.82 Å². The van der Waals surface area contributed by atoms with Crippen LogP contribution in [-0.4, -0.2) is 46.8 Å². The molecule has 9 heteroatoms. The van der Waals surface area contributed by atoms with E-state index in [1.807, 2.05) is 0 Å². The minimum Gasteiger partial charge on any atom is -0.383 e. The molecule has 2 amide bonds. The van der Waals surface area contributed by atoms with E-state index in [1.165, 1.54) is 17.2 Å². The number of halogens is 1. The zero-order valence-corrected chi connectivity index (χ0v) is 13.7. The van der Waals surface area contributed by atoms with Crippen molar-refractivity contribution in [3.05, 3.63) is 36.7 Å². The summed E-state index contributed by atoms with van der Waals surface area (Å²) in [5.41, 5.74) is 0.909. The van der Waals surface area contributed by atoms with E-state index in [4.69, 9.17) is 4.74 Å². The lowest BCUT2D eigenvalue weighted by molar-refractivity contribution is -0.122. The van der Waals surface area contributed by atoms with Crippen LogP contribution in [0.5, 0.6) is 0 Å². The Labute approximate surface area is 143 Å². The summed E-state index contributed by atoms with van der Waals surface area (Å²) in [6, 6.07) is 1.18. The summed E-state index contributed by atoms with van der Waals surface area (Å²) in [4.78, 5) is 29.8. The van der Waals surface area contributed by atoms with E-state index >= 15 is 0 Å². The van der Waals surface area contributed by atoms with E-state index < -0.39 is 11.7 Å². The van der Waals surface area contributed by atoms with Crippen molar-refractivity contribution in [2.45, 2.75) is 13.0 Å². The fraction of sp³-hybridized carbons (Fsp3) is 0.375. The van der Waals surface area contributed by atoms with Gasteiger partial charge in [0, 0.05) is 32.3 Å². The molecule has 1 saturated heterocycles. The van der Waals surface area contributed by atoms with Crippen LogP contribution in [-0.2, 0) is 20.9 Å². The minimum atomic E-state index is -0.537. The predicted molar refractivity (Wildman–Crippen MR) is 87.4 cm³/mol. The van der Waals surface area contributed by atoms with Crippen molar-refractivity contribution in [1.29, 1.82) is 0 Å². The highest BCUT2D eigenvalue weighted by Crippen LogP contribution is 2.25. The number of pyridine rings is 1. The molecule has 1 aliphatic rings. The third-order valence-electron chi connectivity index (χ3n) is 3.92. The zero-order valence-electron chi connectivity index (χ0n) is 13.7. The van der Waals surface area contributed by atoms with Crippen LogP contribution in [0, 0.1) is 11.7 Å². The molecule has 2 aromatic heterocycles. The molecule has 0 radical (unpaired) electrons. The smallest absolute Gasteiger partial charge is 0.229 e. The number of nitrogens with zero attached hydrogens (tertiary/aromatic N) is 4. The average Bonchev–Trinajstić information content (AvgIpc) is 3.19. The molecular weight excluding hydrogens is 329 g/mol. The first-order valence-electron chi connectivity index (χ1n) is 7.80. The average molecular weight is 347 g/mol. The van der Waals surface area contributed by atoms with E-state index in [-0.39, 0.29) is 30.5 Å². The second-order valence-electron chi connectivity index (χ2n) is 5.74. The van der Waals surface area contributed by atoms with Crippen molar-refractivity contribution in [2.24, 2.45) is 5.92 Å². The first kappa shape index (κ1) is 17.0. The molecule has 132 valence electrons. The largest absolute Gasteiger partial charge is 0.383 e. The van der Waals surface area contributed by atoms with Crippen LogP contribution in [0.2, 0.25) is 0 Å². The molecule has 0 saturated carbocycles. The van der Waals surface area contributed by atoms with E-state index in [0.717, 1.165) is 6.20 Å². The Bertz CT molecular complexity index is 779. The van der Waals surface area contributed by atoms with Gasteiger partial charge in [0.2, 0.25) is 11.8 Å². The maximum Gasteiger partial charge on any atom is 0.229 e. The van der Waals surface area contributed by atoms with E-state index in [0.29, 0.717) is 18.8 Å². The van der Waals surface area contributed by atoms with Gasteiger partial charge in [-0.05, 0) is 0 Å². The second-order valence-corrected chi connectivity index (χ2v) is 5.74. The molecule has 8 nitrogen and oxygen atoms in total. The van der Waals surface area contributed by atoms with E-state index in [2.05, 4.69) is 15.4 Å². The van der Waals surface area contributed by atoms with Gasteiger partial charge in [-0.15, -0.1) is 0 Å². The molecule has 1 fully saturated rings. The van der Waals surface area contributed by atoms with Crippen LogP contribution >= 0.6 is 0 Å². The number of amides is 2. The third kappa shape index (κ3) is 4.00. The zero-order chi connectivity index (χ0) is 17.8. The number of hydrogen-bond donors (Lipinski definition) is 1. The van der Waals surface area contributed by atoms with Gasteiger partial charge < -0.3 is 15.0 Å². The SMILES string of the molecule is COCCn1cc(N2CC(C(=O)Nc3cncc(F)c3)CC2=O)cn1. The minimum absolute atomic E-state index is 0.0951. The van der Waals surface area contributed by atoms with Crippen molar-refractivity contribution < 1.29 is 18.7 Å². The van der Waals surface area contributed by atoms with E-state index in [9.17, 15) is 14.0 Å². The Morgan fingerprint density at radius 3 is 3.04 bits per heavy atom. The number of anilines is 2. The van der Waals surface area contributed by atoms with Crippen molar-refractivity contribution in [1.82, 2.24) is 14.8 Å². The first-order valence-corrected chi connectivity index (χ1v) is 7.80. The monoisotopic (exact) mass is 347 g/mol. The summed E-state index contributed by atoms with van der Waals surface area (Å²) < 4.78 is 19.8. The Morgan fingerprint density at radius 2 is 2.28 bits per heavy atom. The van der Waals surface area contributed by atoms with Crippen LogP contribution in [0.15, 0.2) is 30.9 Å². The summed E-state index contributed by atoms with van der Waals surface area (Å²) in [7, 11) is 1.60. The highest BCUT2D eigenvalue weighted by Gasteiger charge is 2.35. The number of nitrogens with one attached hydrogen (secondary N) is 1. The maximum absolute atomic E-state index is 13.1. The lowest BCUT2D eigenvalue weighted by Gasteiger charge is -2.14. The topological polar surface area (TPSA) is 89.4 Å². The number of aromatic nitrogens is 3. The van der Waals surface area contributed by atoms with E-state index in [1.54, 1.807) is 24.2 Å². The number of methoxy groups -OCH3 is 1.